The lowest BCUT2D eigenvalue weighted by molar-refractivity contribution is 0.0697. The quantitative estimate of drug-likeness (QED) is 0.352. The second-order valence-corrected chi connectivity index (χ2v) is 9.31. The summed E-state index contributed by atoms with van der Waals surface area (Å²) in [5.74, 6) is -0.492. The number of fused-ring (bicyclic) bond motifs is 2. The number of hydrogen-bond donors (Lipinski definition) is 2. The van der Waals surface area contributed by atoms with E-state index in [9.17, 15) is 9.90 Å². The molecule has 4 heteroatoms. The Balaban J connectivity index is 1.40. The summed E-state index contributed by atoms with van der Waals surface area (Å²) in [7, 11) is 0. The van der Waals surface area contributed by atoms with E-state index in [-0.39, 0.29) is 6.04 Å². The van der Waals surface area contributed by atoms with Crippen LogP contribution in [0.25, 0.3) is 10.8 Å². The molecular weight excluding hydrogens is 420 g/mol. The summed E-state index contributed by atoms with van der Waals surface area (Å²) in [5, 5.41) is 15.9. The van der Waals surface area contributed by atoms with Gasteiger partial charge in [0.1, 0.15) is 0 Å². The summed E-state index contributed by atoms with van der Waals surface area (Å²) >= 11 is 0. The second-order valence-electron chi connectivity index (χ2n) is 9.31. The molecule has 1 aliphatic rings. The number of carboxylic acid groups (broad SMARTS) is 1. The molecule has 1 aliphatic heterocycles. The minimum absolute atomic E-state index is 0.230. The molecule has 4 aromatic carbocycles. The Morgan fingerprint density at radius 3 is 2.62 bits per heavy atom. The molecule has 4 aromatic rings. The van der Waals surface area contributed by atoms with Crippen molar-refractivity contribution in [2.75, 3.05) is 18.0 Å². The van der Waals surface area contributed by atoms with Crippen LogP contribution in [0.2, 0.25) is 0 Å². The number of anilines is 2. The molecule has 0 aromatic heterocycles. The average molecular weight is 451 g/mol. The first-order valence-corrected chi connectivity index (χ1v) is 11.9. The number of hydrogen-bond acceptors (Lipinski definition) is 3. The van der Waals surface area contributed by atoms with E-state index < -0.39 is 5.97 Å². The van der Waals surface area contributed by atoms with Gasteiger partial charge < -0.3 is 15.3 Å². The molecule has 0 saturated carbocycles. The van der Waals surface area contributed by atoms with E-state index in [2.05, 4.69) is 83.9 Å². The van der Waals surface area contributed by atoms with Crippen molar-refractivity contribution in [1.29, 1.82) is 0 Å². The van der Waals surface area contributed by atoms with Crippen LogP contribution in [0.4, 0.5) is 11.4 Å². The van der Waals surface area contributed by atoms with E-state index in [4.69, 9.17) is 0 Å². The highest BCUT2D eigenvalue weighted by Gasteiger charge is 2.27. The van der Waals surface area contributed by atoms with Crippen molar-refractivity contribution in [3.8, 4) is 0 Å². The lowest BCUT2D eigenvalue weighted by Crippen LogP contribution is -2.38. The molecule has 0 amide bonds. The summed E-state index contributed by atoms with van der Waals surface area (Å²) in [6.45, 7) is 6.01. The highest BCUT2D eigenvalue weighted by molar-refractivity contribution is 5.90. The number of carbonyl (C=O) groups is 1. The smallest absolute Gasteiger partial charge is 0.335 e. The number of rotatable bonds is 6. The van der Waals surface area contributed by atoms with Crippen molar-refractivity contribution in [3.05, 3.63) is 107 Å². The molecule has 0 spiro atoms. The zero-order chi connectivity index (χ0) is 23.7. The molecule has 5 rings (SSSR count). The number of benzene rings is 4. The average Bonchev–Trinajstić information content (AvgIpc) is 2.86. The minimum atomic E-state index is -0.895. The van der Waals surface area contributed by atoms with Crippen LogP contribution >= 0.6 is 0 Å². The standard InChI is InChI=1S/C30H30N2O2/c1-20-14-15-25(30(33)34)17-29(20)32-19-22(16-24-9-4-6-13-28(24)32)18-31-21(2)26-12-7-10-23-8-3-5-11-27(23)26/h3-15,17,21-22,31H,16,18-19H2,1-2H3,(H,33,34). The molecule has 2 atom stereocenters. The van der Waals surface area contributed by atoms with E-state index in [0.717, 1.165) is 30.8 Å². The lowest BCUT2D eigenvalue weighted by Gasteiger charge is -2.37. The summed E-state index contributed by atoms with van der Waals surface area (Å²) in [6.07, 6.45) is 1.000. The number of nitrogens with one attached hydrogen (secondary N) is 1. The maximum Gasteiger partial charge on any atom is 0.335 e. The first-order valence-electron chi connectivity index (χ1n) is 11.9. The van der Waals surface area contributed by atoms with Gasteiger partial charge in [0.15, 0.2) is 0 Å². The van der Waals surface area contributed by atoms with Gasteiger partial charge in [-0.1, -0.05) is 66.7 Å². The minimum Gasteiger partial charge on any atom is -0.478 e. The number of carboxylic acids is 1. The molecular formula is C30H30N2O2. The van der Waals surface area contributed by atoms with Gasteiger partial charge in [0.25, 0.3) is 0 Å². The highest BCUT2D eigenvalue weighted by atomic mass is 16.4. The summed E-state index contributed by atoms with van der Waals surface area (Å²) < 4.78 is 0. The van der Waals surface area contributed by atoms with Gasteiger partial charge in [-0.3, -0.25) is 0 Å². The number of aromatic carboxylic acids is 1. The van der Waals surface area contributed by atoms with Crippen LogP contribution in [-0.4, -0.2) is 24.2 Å². The summed E-state index contributed by atoms with van der Waals surface area (Å²) in [5.41, 5.74) is 6.17. The Labute approximate surface area is 200 Å². The molecule has 34 heavy (non-hydrogen) atoms. The fourth-order valence-electron chi connectivity index (χ4n) is 5.16. The SMILES string of the molecule is Cc1ccc(C(=O)O)cc1N1CC(CNC(C)c2cccc3ccccc23)Cc2ccccc21. The number of nitrogens with zero attached hydrogens (tertiary/aromatic N) is 1. The first kappa shape index (κ1) is 22.2. The van der Waals surface area contributed by atoms with Crippen LogP contribution < -0.4 is 10.2 Å². The Morgan fingerprint density at radius 1 is 1.00 bits per heavy atom. The number of para-hydroxylation sites is 1. The Hall–Kier alpha value is -3.63. The van der Waals surface area contributed by atoms with Crippen LogP contribution in [0, 0.1) is 12.8 Å². The molecule has 0 aliphatic carbocycles. The number of aryl methyl sites for hydroxylation is 1. The molecule has 0 radical (unpaired) electrons. The molecule has 1 heterocycles. The van der Waals surface area contributed by atoms with Gasteiger partial charge >= 0.3 is 5.97 Å². The Kier molecular flexibility index (Phi) is 6.08. The van der Waals surface area contributed by atoms with Gasteiger partial charge in [-0.2, -0.15) is 0 Å². The lowest BCUT2D eigenvalue weighted by atomic mass is 9.90. The zero-order valence-electron chi connectivity index (χ0n) is 19.7. The van der Waals surface area contributed by atoms with Crippen LogP contribution in [0.15, 0.2) is 84.9 Å². The third-order valence-corrected chi connectivity index (χ3v) is 6.98. The van der Waals surface area contributed by atoms with Crippen LogP contribution in [-0.2, 0) is 6.42 Å². The molecule has 4 nitrogen and oxygen atoms in total. The first-order chi connectivity index (χ1) is 16.5. The van der Waals surface area contributed by atoms with E-state index in [1.807, 2.05) is 19.1 Å². The molecule has 0 saturated heterocycles. The van der Waals surface area contributed by atoms with E-state index in [1.54, 1.807) is 6.07 Å². The molecule has 0 bridgehead atoms. The van der Waals surface area contributed by atoms with Crippen LogP contribution in [0.1, 0.15) is 40.0 Å². The predicted molar refractivity (Wildman–Crippen MR) is 139 cm³/mol. The second kappa shape index (κ2) is 9.32. The van der Waals surface area contributed by atoms with Crippen molar-refractivity contribution in [2.24, 2.45) is 5.92 Å². The maximum absolute atomic E-state index is 11.6. The van der Waals surface area contributed by atoms with Crippen molar-refractivity contribution in [1.82, 2.24) is 5.32 Å². The topological polar surface area (TPSA) is 52.6 Å². The van der Waals surface area contributed by atoms with Gasteiger partial charge in [0, 0.05) is 30.5 Å². The summed E-state index contributed by atoms with van der Waals surface area (Å²) in [6, 6.07) is 29.2. The summed E-state index contributed by atoms with van der Waals surface area (Å²) in [4.78, 5) is 13.9. The highest BCUT2D eigenvalue weighted by Crippen LogP contribution is 2.37. The van der Waals surface area contributed by atoms with Crippen LogP contribution in [0.5, 0.6) is 0 Å². The maximum atomic E-state index is 11.6. The Bertz CT molecular complexity index is 1340. The van der Waals surface area contributed by atoms with Gasteiger partial charge in [-0.25, -0.2) is 4.79 Å². The van der Waals surface area contributed by atoms with Crippen molar-refractivity contribution in [2.45, 2.75) is 26.3 Å². The van der Waals surface area contributed by atoms with Gasteiger partial charge in [0.05, 0.1) is 5.56 Å². The van der Waals surface area contributed by atoms with E-state index in [1.165, 1.54) is 27.6 Å². The molecule has 2 N–H and O–H groups in total. The fraction of sp³-hybridized carbons (Fsp3) is 0.233. The Morgan fingerprint density at radius 2 is 1.76 bits per heavy atom. The fourth-order valence-corrected chi connectivity index (χ4v) is 5.16. The van der Waals surface area contributed by atoms with Crippen molar-refractivity contribution in [3.63, 3.8) is 0 Å². The van der Waals surface area contributed by atoms with E-state index >= 15 is 0 Å². The van der Waals surface area contributed by atoms with E-state index in [0.29, 0.717) is 11.5 Å². The van der Waals surface area contributed by atoms with Crippen LogP contribution in [0.3, 0.4) is 0 Å². The normalized spacial score (nSPS) is 16.3. The third kappa shape index (κ3) is 4.29. The van der Waals surface area contributed by atoms with Gasteiger partial charge in [-0.05, 0) is 71.8 Å². The van der Waals surface area contributed by atoms with Crippen molar-refractivity contribution >= 4 is 28.1 Å². The zero-order valence-corrected chi connectivity index (χ0v) is 19.7. The molecule has 0 fully saturated rings. The van der Waals surface area contributed by atoms with Gasteiger partial charge in [0.2, 0.25) is 0 Å². The monoisotopic (exact) mass is 450 g/mol. The predicted octanol–water partition coefficient (Wildman–Crippen LogP) is 6.51. The largest absolute Gasteiger partial charge is 0.478 e. The third-order valence-electron chi connectivity index (χ3n) is 6.98. The van der Waals surface area contributed by atoms with Gasteiger partial charge in [-0.15, -0.1) is 0 Å². The molecule has 172 valence electrons. The molecule has 2 unspecified atom stereocenters. The van der Waals surface area contributed by atoms with Crippen molar-refractivity contribution < 1.29 is 9.90 Å².